The molecule has 13 nitrogen and oxygen atoms in total. The van der Waals surface area contributed by atoms with Crippen LogP contribution in [0.5, 0.6) is 0 Å². The Labute approximate surface area is 467 Å². The first-order valence-electron chi connectivity index (χ1n) is 26.3. The number of nitrogens with zero attached hydrogens (tertiary/aromatic N) is 1. The first-order valence-corrected chi connectivity index (χ1v) is 26.3. The van der Waals surface area contributed by atoms with Gasteiger partial charge in [0.2, 0.25) is 5.91 Å². The van der Waals surface area contributed by atoms with Crippen LogP contribution in [0.2, 0.25) is 0 Å². The third kappa shape index (κ3) is 27.4. The number of nitrogens with one attached hydrogen (secondary N) is 2. The molecule has 1 aliphatic heterocycles. The van der Waals surface area contributed by atoms with Crippen molar-refractivity contribution in [3.05, 3.63) is 42.0 Å². The molecule has 1 saturated heterocycles. The van der Waals surface area contributed by atoms with Crippen LogP contribution in [0.25, 0.3) is 10.8 Å². The van der Waals surface area contributed by atoms with E-state index in [9.17, 15) is 39.9 Å². The van der Waals surface area contributed by atoms with E-state index in [2.05, 4.69) is 160 Å². The van der Waals surface area contributed by atoms with Gasteiger partial charge >= 0.3 is 0 Å². The lowest BCUT2D eigenvalue weighted by molar-refractivity contribution is -0.297. The minimum Gasteiger partial charge on any atom is -0.390 e. The SMILES string of the molecule is CC#CC#CC#CC#CC#CC#CC#CC#CC#CC#CC#CC#CC(=O)N[C@@H](COC1OC(CNC(=O)CCC(=O)c2ccc3cc(N(C)C)ccc3c2)C(O)C(O)C1O)[C@H](O)[C@H](O)CCCCCCCCCCCCCC. The highest BCUT2D eigenvalue weighted by Crippen LogP contribution is 2.25. The van der Waals surface area contributed by atoms with Gasteiger partial charge in [-0.15, -0.1) is 0 Å². The topological polar surface area (TPSA) is 198 Å². The number of fused-ring (bicyclic) bond motifs is 1. The third-order valence-electron chi connectivity index (χ3n) is 11.9. The van der Waals surface area contributed by atoms with Crippen LogP contribution in [0, 0.1) is 142 Å². The van der Waals surface area contributed by atoms with Crippen LogP contribution < -0.4 is 15.5 Å². The molecule has 2 amide bonds. The molecule has 7 N–H and O–H groups in total. The maximum Gasteiger partial charge on any atom is 0.297 e. The summed E-state index contributed by atoms with van der Waals surface area (Å²) in [5, 5.41) is 61.8. The molecule has 8 atom stereocenters. The molecular formula is C66H67N3O10. The summed E-state index contributed by atoms with van der Waals surface area (Å²) in [6, 6.07) is 9.94. The largest absolute Gasteiger partial charge is 0.390 e. The highest BCUT2D eigenvalue weighted by Gasteiger charge is 2.45. The van der Waals surface area contributed by atoms with Gasteiger partial charge in [-0.25, -0.2) is 0 Å². The van der Waals surface area contributed by atoms with Gasteiger partial charge in [-0.05, 0) is 137 Å². The van der Waals surface area contributed by atoms with Crippen molar-refractivity contribution in [1.82, 2.24) is 10.6 Å². The van der Waals surface area contributed by atoms with Crippen molar-refractivity contribution in [2.24, 2.45) is 0 Å². The van der Waals surface area contributed by atoms with Gasteiger partial charge in [0.25, 0.3) is 5.91 Å². The summed E-state index contributed by atoms with van der Waals surface area (Å²) in [6.07, 6.45) is 2.36. The van der Waals surface area contributed by atoms with Gasteiger partial charge < -0.3 is 50.5 Å². The van der Waals surface area contributed by atoms with Crippen LogP contribution in [-0.2, 0) is 19.1 Å². The minimum absolute atomic E-state index is 0.0945. The van der Waals surface area contributed by atoms with Crippen molar-refractivity contribution < 1.29 is 49.4 Å². The van der Waals surface area contributed by atoms with Crippen molar-refractivity contribution >= 4 is 34.1 Å². The van der Waals surface area contributed by atoms with Crippen molar-refractivity contribution in [1.29, 1.82) is 0 Å². The number of carbonyl (C=O) groups is 3. The Balaban J connectivity index is 1.59. The Morgan fingerprint density at radius 2 is 1.09 bits per heavy atom. The van der Waals surface area contributed by atoms with Crippen LogP contribution in [0.1, 0.15) is 121 Å². The average Bonchev–Trinajstić information content (AvgIpc) is 3.49. The molecule has 0 saturated carbocycles. The predicted molar refractivity (Wildman–Crippen MR) is 306 cm³/mol. The van der Waals surface area contributed by atoms with Gasteiger partial charge in [-0.2, -0.15) is 0 Å². The zero-order valence-electron chi connectivity index (χ0n) is 45.3. The lowest BCUT2D eigenvalue weighted by Gasteiger charge is -2.41. The second-order valence-corrected chi connectivity index (χ2v) is 18.2. The molecule has 79 heavy (non-hydrogen) atoms. The molecule has 0 spiro atoms. The molecule has 3 rings (SSSR count). The van der Waals surface area contributed by atoms with Crippen molar-refractivity contribution in [3.8, 4) is 142 Å². The fourth-order valence-electron chi connectivity index (χ4n) is 7.62. The highest BCUT2D eigenvalue weighted by atomic mass is 16.7. The first-order chi connectivity index (χ1) is 38.4. The number of aliphatic hydroxyl groups excluding tert-OH is 5. The molecule has 0 bridgehead atoms. The summed E-state index contributed by atoms with van der Waals surface area (Å²) in [5.41, 5.74) is 1.47. The molecule has 1 heterocycles. The molecule has 13 heteroatoms. The first kappa shape index (κ1) is 64.8. The van der Waals surface area contributed by atoms with Gasteiger partial charge in [-0.1, -0.05) is 108 Å². The van der Waals surface area contributed by atoms with Gasteiger partial charge in [-0.3, -0.25) is 14.4 Å². The molecule has 0 radical (unpaired) electrons. The van der Waals surface area contributed by atoms with Gasteiger partial charge in [0, 0.05) is 86.2 Å². The number of rotatable bonds is 26. The Kier molecular flexibility index (Phi) is 32.7. The van der Waals surface area contributed by atoms with Crippen LogP contribution in [0.15, 0.2) is 36.4 Å². The second-order valence-electron chi connectivity index (χ2n) is 18.2. The summed E-state index contributed by atoms with van der Waals surface area (Å²) < 4.78 is 11.6. The van der Waals surface area contributed by atoms with E-state index in [1.165, 1.54) is 44.9 Å². The number of ketones is 1. The number of amides is 2. The number of anilines is 1. The van der Waals surface area contributed by atoms with Crippen LogP contribution >= 0.6 is 0 Å². The van der Waals surface area contributed by atoms with Gasteiger partial charge in [0.15, 0.2) is 12.1 Å². The summed E-state index contributed by atoms with van der Waals surface area (Å²) in [7, 11) is 3.88. The zero-order chi connectivity index (χ0) is 57.3. The highest BCUT2D eigenvalue weighted by molar-refractivity contribution is 6.01. The maximum atomic E-state index is 13.0. The fraction of sp³-hybridized carbons (Fsp3) is 0.439. The Morgan fingerprint density at radius 3 is 1.61 bits per heavy atom. The van der Waals surface area contributed by atoms with E-state index in [4.69, 9.17) is 9.47 Å². The third-order valence-corrected chi connectivity index (χ3v) is 11.9. The van der Waals surface area contributed by atoms with E-state index >= 15 is 0 Å². The van der Waals surface area contributed by atoms with Gasteiger partial charge in [0.1, 0.15) is 30.5 Å². The van der Waals surface area contributed by atoms with E-state index in [-0.39, 0.29) is 31.6 Å². The zero-order valence-corrected chi connectivity index (χ0v) is 45.3. The number of ether oxygens (including phenoxy) is 2. The molecule has 0 aromatic heterocycles. The van der Waals surface area contributed by atoms with E-state index in [0.29, 0.717) is 12.0 Å². The van der Waals surface area contributed by atoms with Crippen molar-refractivity contribution in [2.45, 2.75) is 159 Å². The molecule has 5 unspecified atom stereocenters. The number of unbranched alkanes of at least 4 members (excludes halogenated alkanes) is 11. The lowest BCUT2D eigenvalue weighted by Crippen LogP contribution is -2.61. The second kappa shape index (κ2) is 39.9. The Bertz CT molecular complexity index is 3180. The van der Waals surface area contributed by atoms with E-state index < -0.39 is 67.4 Å². The van der Waals surface area contributed by atoms with E-state index in [1.807, 2.05) is 43.3 Å². The van der Waals surface area contributed by atoms with Crippen LogP contribution in [0.4, 0.5) is 5.69 Å². The van der Waals surface area contributed by atoms with Crippen molar-refractivity contribution in [2.75, 3.05) is 32.1 Å². The quantitative estimate of drug-likeness (QED) is 0.0406. The summed E-state index contributed by atoms with van der Waals surface area (Å²) in [4.78, 5) is 40.9. The van der Waals surface area contributed by atoms with E-state index in [1.54, 1.807) is 19.1 Å². The average molecular weight is 1060 g/mol. The number of aliphatic hydroxyl groups is 5. The molecule has 0 aliphatic carbocycles. The number of hydrogen-bond acceptors (Lipinski definition) is 11. The number of carbonyl (C=O) groups excluding carboxylic acids is 3. The Hall–Kier alpha value is -8.45. The van der Waals surface area contributed by atoms with Crippen molar-refractivity contribution in [3.63, 3.8) is 0 Å². The molecular weight excluding hydrogens is 995 g/mol. The van der Waals surface area contributed by atoms with Gasteiger partial charge in [0.05, 0.1) is 18.8 Å². The summed E-state index contributed by atoms with van der Waals surface area (Å²) >= 11 is 0. The van der Waals surface area contributed by atoms with Crippen LogP contribution in [-0.4, -0.2) is 119 Å². The molecule has 406 valence electrons. The standard InChI is InChI=1S/C66H67N3O10/c1-5-7-9-11-13-15-17-19-20-21-22-23-24-25-26-27-28-29-31-33-35-37-39-41-61(73)68-56(62(74)58(71)40-38-36-34-32-30-18-16-14-12-10-8-6-2)51-78-66-65(77)64(76)63(75)59(79-66)50-67-60(72)47-46-57(70)54-43-42-53-49-55(69(3)4)45-44-52(53)48-54/h42-45,48-49,56,58-59,62-66,71,74-77H,6,8,10,12,14,16,18,30,32,34,36,38,40,46-47,50-51H2,1-4H3,(H,67,72)(H,68,73)/t56-,58+,59?,62-,63?,64?,65?,66?/m0/s1. The smallest absolute Gasteiger partial charge is 0.297 e. The fourth-order valence-corrected chi connectivity index (χ4v) is 7.62. The minimum atomic E-state index is -1.79. The van der Waals surface area contributed by atoms with E-state index in [0.717, 1.165) is 42.1 Å². The number of benzene rings is 2. The molecule has 1 fully saturated rings. The molecule has 1 aliphatic rings. The lowest BCUT2D eigenvalue weighted by atomic mass is 9.98. The Morgan fingerprint density at radius 1 is 0.608 bits per heavy atom. The summed E-state index contributed by atoms with van der Waals surface area (Å²) in [6.45, 7) is 3.01. The van der Waals surface area contributed by atoms with Crippen LogP contribution in [0.3, 0.4) is 0 Å². The molecule has 2 aromatic carbocycles. The number of hydrogen-bond donors (Lipinski definition) is 7. The maximum absolute atomic E-state index is 13.0. The number of Topliss-reactive ketones (excluding diaryl/α,β-unsaturated/α-hetero) is 1. The normalized spacial score (nSPS) is 16.2. The predicted octanol–water partition coefficient (Wildman–Crippen LogP) is 4.17. The monoisotopic (exact) mass is 1060 g/mol. The molecule has 2 aromatic rings. The summed E-state index contributed by atoms with van der Waals surface area (Å²) in [5.74, 6) is 57.9.